The fraction of sp³-hybridized carbons (Fsp3) is 0. The van der Waals surface area contributed by atoms with Crippen molar-refractivity contribution in [3.63, 3.8) is 0 Å². The van der Waals surface area contributed by atoms with Gasteiger partial charge in [-0.15, -0.1) is 0 Å². The lowest BCUT2D eigenvalue weighted by molar-refractivity contribution is -0.104. The van der Waals surface area contributed by atoms with Gasteiger partial charge in [-0.2, -0.15) is 0 Å². The summed E-state index contributed by atoms with van der Waals surface area (Å²) in [6.45, 7) is 0. The number of hydrogen-bond acceptors (Lipinski definition) is 3. The number of carbonyl (C=O) groups excluding carboxylic acids is 1. The zero-order valence-electron chi connectivity index (χ0n) is 5.87. The average molecular weight is 203 g/mol. The molecule has 1 aromatic heterocycles. The van der Waals surface area contributed by atoms with E-state index in [0.717, 1.165) is 0 Å². The number of carbonyl (C=O) groups is 1. The van der Waals surface area contributed by atoms with Crippen molar-refractivity contribution in [2.75, 3.05) is 0 Å². The van der Waals surface area contributed by atoms with E-state index in [2.05, 4.69) is 9.97 Å². The van der Waals surface area contributed by atoms with Crippen molar-refractivity contribution in [2.24, 2.45) is 0 Å². The Morgan fingerprint density at radius 3 is 2.33 bits per heavy atom. The van der Waals surface area contributed by atoms with Crippen LogP contribution in [0.5, 0.6) is 0 Å². The number of rotatable bonds is 2. The van der Waals surface area contributed by atoms with Crippen LogP contribution >= 0.6 is 23.2 Å². The summed E-state index contributed by atoms with van der Waals surface area (Å²) >= 11 is 11.3. The van der Waals surface area contributed by atoms with E-state index in [-0.39, 0.29) is 10.3 Å². The molecule has 0 aliphatic heterocycles. The first-order valence-electron chi connectivity index (χ1n) is 3.03. The highest BCUT2D eigenvalue weighted by atomic mass is 35.5. The Kier molecular flexibility index (Phi) is 3.19. The monoisotopic (exact) mass is 202 g/mol. The topological polar surface area (TPSA) is 42.9 Å². The molecule has 0 amide bonds. The van der Waals surface area contributed by atoms with E-state index in [4.69, 9.17) is 23.2 Å². The molecule has 0 bridgehead atoms. The van der Waals surface area contributed by atoms with Crippen LogP contribution in [-0.4, -0.2) is 16.3 Å². The number of allylic oxidation sites excluding steroid dienone is 1. The summed E-state index contributed by atoms with van der Waals surface area (Å²) in [6, 6.07) is 0. The van der Waals surface area contributed by atoms with Gasteiger partial charge in [0, 0.05) is 5.56 Å². The molecule has 0 N–H and O–H groups in total. The molecule has 0 aliphatic carbocycles. The molecule has 5 heteroatoms. The zero-order chi connectivity index (χ0) is 8.97. The van der Waals surface area contributed by atoms with Crippen LogP contribution in [0.1, 0.15) is 5.56 Å². The van der Waals surface area contributed by atoms with Gasteiger partial charge in [-0.25, -0.2) is 9.97 Å². The van der Waals surface area contributed by atoms with Gasteiger partial charge in [0.15, 0.2) is 0 Å². The van der Waals surface area contributed by atoms with Crippen LogP contribution in [0, 0.1) is 0 Å². The Labute approximate surface area is 79.0 Å². The molecule has 1 rings (SSSR count). The minimum atomic E-state index is 0.230. The highest BCUT2D eigenvalue weighted by Crippen LogP contribution is 2.20. The minimum absolute atomic E-state index is 0.230. The van der Waals surface area contributed by atoms with Crippen LogP contribution in [0.2, 0.25) is 10.3 Å². The second kappa shape index (κ2) is 4.18. The molecule has 0 atom stereocenters. The maximum atomic E-state index is 9.99. The van der Waals surface area contributed by atoms with Gasteiger partial charge in [0.2, 0.25) is 0 Å². The quantitative estimate of drug-likeness (QED) is 0.419. The highest BCUT2D eigenvalue weighted by Gasteiger charge is 2.02. The molecule has 0 fully saturated rings. The van der Waals surface area contributed by atoms with Gasteiger partial charge in [-0.1, -0.05) is 23.2 Å². The third kappa shape index (κ3) is 2.03. The lowest BCUT2D eigenvalue weighted by Gasteiger charge is -1.96. The third-order valence-corrected chi connectivity index (χ3v) is 1.73. The van der Waals surface area contributed by atoms with Crippen molar-refractivity contribution in [1.82, 2.24) is 9.97 Å². The van der Waals surface area contributed by atoms with Crippen LogP contribution in [0.3, 0.4) is 0 Å². The van der Waals surface area contributed by atoms with Gasteiger partial charge in [0.05, 0.1) is 0 Å². The van der Waals surface area contributed by atoms with Crippen LogP contribution in [0.4, 0.5) is 0 Å². The fourth-order valence-corrected chi connectivity index (χ4v) is 1.07. The lowest BCUT2D eigenvalue weighted by atomic mass is 10.3. The summed E-state index contributed by atoms with van der Waals surface area (Å²) < 4.78 is 0. The third-order valence-electron chi connectivity index (χ3n) is 1.13. The number of aromatic nitrogens is 2. The van der Waals surface area contributed by atoms with Crippen molar-refractivity contribution in [1.29, 1.82) is 0 Å². The first kappa shape index (κ1) is 9.16. The van der Waals surface area contributed by atoms with Gasteiger partial charge in [0.1, 0.15) is 22.9 Å². The molecule has 0 aromatic carbocycles. The molecule has 1 aromatic rings. The molecule has 0 saturated carbocycles. The Morgan fingerprint density at radius 1 is 1.25 bits per heavy atom. The van der Waals surface area contributed by atoms with Crippen molar-refractivity contribution in [3.8, 4) is 0 Å². The smallest absolute Gasteiger partial charge is 0.142 e. The normalized spacial score (nSPS) is 10.5. The Bertz CT molecular complexity index is 305. The Hall–Kier alpha value is -0.930. The fourth-order valence-electron chi connectivity index (χ4n) is 0.627. The van der Waals surface area contributed by atoms with Gasteiger partial charge < -0.3 is 0 Å². The van der Waals surface area contributed by atoms with E-state index >= 15 is 0 Å². The molecule has 0 aliphatic rings. The van der Waals surface area contributed by atoms with Crippen LogP contribution in [-0.2, 0) is 4.79 Å². The van der Waals surface area contributed by atoms with Gasteiger partial charge >= 0.3 is 0 Å². The van der Waals surface area contributed by atoms with Crippen molar-refractivity contribution in [2.45, 2.75) is 0 Å². The van der Waals surface area contributed by atoms with E-state index in [9.17, 15) is 4.79 Å². The van der Waals surface area contributed by atoms with E-state index in [1.165, 1.54) is 18.5 Å². The largest absolute Gasteiger partial charge is 0.299 e. The molecule has 0 unspecified atom stereocenters. The molecular formula is C7H4Cl2N2O. The zero-order valence-corrected chi connectivity index (χ0v) is 7.38. The first-order valence-corrected chi connectivity index (χ1v) is 3.79. The Balaban J connectivity index is 3.12. The second-order valence-electron chi connectivity index (χ2n) is 1.86. The van der Waals surface area contributed by atoms with Crippen LogP contribution < -0.4 is 0 Å². The van der Waals surface area contributed by atoms with Crippen LogP contribution in [0.25, 0.3) is 6.08 Å². The molecule has 0 radical (unpaired) electrons. The first-order chi connectivity index (χ1) is 5.75. The summed E-state index contributed by atoms with van der Waals surface area (Å²) in [4.78, 5) is 17.4. The molecule has 0 saturated heterocycles. The van der Waals surface area contributed by atoms with E-state index in [1.807, 2.05) is 0 Å². The molecule has 1 heterocycles. The number of hydrogen-bond donors (Lipinski definition) is 0. The van der Waals surface area contributed by atoms with Crippen molar-refractivity contribution in [3.05, 3.63) is 28.3 Å². The number of nitrogens with zero attached hydrogens (tertiary/aromatic N) is 2. The summed E-state index contributed by atoms with van der Waals surface area (Å²) in [6.07, 6.45) is 4.61. The maximum Gasteiger partial charge on any atom is 0.142 e. The molecule has 0 spiro atoms. The average Bonchev–Trinajstić information content (AvgIpc) is 2.04. The summed E-state index contributed by atoms with van der Waals surface area (Å²) in [5.41, 5.74) is 0.452. The van der Waals surface area contributed by atoms with Gasteiger partial charge in [-0.05, 0) is 12.2 Å². The summed E-state index contributed by atoms with van der Waals surface area (Å²) in [5.74, 6) is 0. The predicted octanol–water partition coefficient (Wildman–Crippen LogP) is 2.00. The van der Waals surface area contributed by atoms with Crippen LogP contribution in [0.15, 0.2) is 12.4 Å². The van der Waals surface area contributed by atoms with Crippen molar-refractivity contribution < 1.29 is 4.79 Å². The summed E-state index contributed by atoms with van der Waals surface area (Å²) in [5, 5.41) is 0.459. The van der Waals surface area contributed by atoms with E-state index in [0.29, 0.717) is 11.8 Å². The van der Waals surface area contributed by atoms with Crippen molar-refractivity contribution >= 4 is 35.6 Å². The molecule has 3 nitrogen and oxygen atoms in total. The molecule has 62 valence electrons. The van der Waals surface area contributed by atoms with E-state index in [1.54, 1.807) is 0 Å². The lowest BCUT2D eigenvalue weighted by Crippen LogP contribution is -1.86. The SMILES string of the molecule is O=C/C=C/c1c(Cl)ncnc1Cl. The summed E-state index contributed by atoms with van der Waals surface area (Å²) in [7, 11) is 0. The van der Waals surface area contributed by atoms with E-state index < -0.39 is 0 Å². The highest BCUT2D eigenvalue weighted by molar-refractivity contribution is 6.35. The standard InChI is InChI=1S/C7H4Cl2N2O/c8-6-5(2-1-3-12)7(9)11-4-10-6/h1-4H/b2-1+. The predicted molar refractivity (Wildman–Crippen MR) is 47.2 cm³/mol. The number of halogens is 2. The van der Waals surface area contributed by atoms with Gasteiger partial charge in [-0.3, -0.25) is 4.79 Å². The Morgan fingerprint density at radius 2 is 1.83 bits per heavy atom. The number of aldehydes is 1. The maximum absolute atomic E-state index is 9.99. The molecule has 12 heavy (non-hydrogen) atoms. The second-order valence-corrected chi connectivity index (χ2v) is 2.58. The minimum Gasteiger partial charge on any atom is -0.299 e. The van der Waals surface area contributed by atoms with Gasteiger partial charge in [0.25, 0.3) is 0 Å². The molecular weight excluding hydrogens is 199 g/mol.